The van der Waals surface area contributed by atoms with E-state index in [0.717, 1.165) is 26.2 Å². The zero-order valence-corrected chi connectivity index (χ0v) is 13.1. The highest BCUT2D eigenvalue weighted by atomic mass is 16.5. The highest BCUT2D eigenvalue weighted by Gasteiger charge is 2.19. The van der Waals surface area contributed by atoms with Crippen molar-refractivity contribution in [2.24, 2.45) is 5.92 Å². The van der Waals surface area contributed by atoms with E-state index >= 15 is 0 Å². The lowest BCUT2D eigenvalue weighted by Crippen LogP contribution is -2.49. The average molecular weight is 293 g/mol. The first-order valence-electron chi connectivity index (χ1n) is 7.78. The Morgan fingerprint density at radius 3 is 2.43 bits per heavy atom. The number of hydrogen-bond acceptors (Lipinski definition) is 5. The van der Waals surface area contributed by atoms with Gasteiger partial charge in [0.2, 0.25) is 0 Å². The van der Waals surface area contributed by atoms with Crippen LogP contribution in [0.1, 0.15) is 13.8 Å². The number of β-amino-alcohol motifs (C(OH)–C–C–N with tert-alkyl or cyclic N) is 1. The maximum atomic E-state index is 10.0. The van der Waals surface area contributed by atoms with Crippen molar-refractivity contribution in [3.05, 3.63) is 24.5 Å². The van der Waals surface area contributed by atoms with Crippen molar-refractivity contribution in [3.8, 4) is 0 Å². The molecule has 0 spiro atoms. The fourth-order valence-corrected chi connectivity index (χ4v) is 2.53. The summed E-state index contributed by atoms with van der Waals surface area (Å²) in [6, 6.07) is 4.09. The second-order valence-corrected chi connectivity index (χ2v) is 6.08. The molecule has 5 nitrogen and oxygen atoms in total. The SMILES string of the molecule is CC(C)COCC(O)CN1CCN(c2ccncc2)CC1. The van der Waals surface area contributed by atoms with E-state index < -0.39 is 6.10 Å². The third kappa shape index (κ3) is 5.61. The Bertz CT molecular complexity index is 392. The van der Waals surface area contributed by atoms with Gasteiger partial charge in [-0.1, -0.05) is 13.8 Å². The summed E-state index contributed by atoms with van der Waals surface area (Å²) < 4.78 is 5.49. The molecule has 1 aliphatic heterocycles. The third-order valence-electron chi connectivity index (χ3n) is 3.63. The summed E-state index contributed by atoms with van der Waals surface area (Å²) in [5, 5.41) is 10.0. The molecule has 2 heterocycles. The Hall–Kier alpha value is -1.17. The van der Waals surface area contributed by atoms with Gasteiger partial charge in [-0.05, 0) is 18.1 Å². The summed E-state index contributed by atoms with van der Waals surface area (Å²) in [7, 11) is 0. The summed E-state index contributed by atoms with van der Waals surface area (Å²) >= 11 is 0. The van der Waals surface area contributed by atoms with Gasteiger partial charge < -0.3 is 14.7 Å². The summed E-state index contributed by atoms with van der Waals surface area (Å²) in [5.41, 5.74) is 1.23. The van der Waals surface area contributed by atoms with Gasteiger partial charge in [0.05, 0.1) is 12.7 Å². The van der Waals surface area contributed by atoms with Crippen molar-refractivity contribution in [1.29, 1.82) is 0 Å². The number of aromatic nitrogens is 1. The van der Waals surface area contributed by atoms with Crippen LogP contribution in [0.3, 0.4) is 0 Å². The maximum absolute atomic E-state index is 10.0. The molecule has 118 valence electrons. The van der Waals surface area contributed by atoms with Crippen LogP contribution in [0.5, 0.6) is 0 Å². The summed E-state index contributed by atoms with van der Waals surface area (Å²) in [5.74, 6) is 0.515. The second kappa shape index (κ2) is 8.32. The Balaban J connectivity index is 1.67. The van der Waals surface area contributed by atoms with Gasteiger partial charge in [0.25, 0.3) is 0 Å². The minimum Gasteiger partial charge on any atom is -0.389 e. The van der Waals surface area contributed by atoms with Crippen molar-refractivity contribution < 1.29 is 9.84 Å². The summed E-state index contributed by atoms with van der Waals surface area (Å²) in [6.45, 7) is 10.0. The standard InChI is InChI=1S/C16H27N3O2/c1-14(2)12-21-13-16(20)11-18-7-9-19(10-8-18)15-3-5-17-6-4-15/h3-6,14,16,20H,7-13H2,1-2H3. The number of hydrogen-bond donors (Lipinski definition) is 1. The Labute approximate surface area is 127 Å². The molecular formula is C16H27N3O2. The topological polar surface area (TPSA) is 48.8 Å². The molecule has 0 amide bonds. The molecule has 1 unspecified atom stereocenters. The van der Waals surface area contributed by atoms with Crippen molar-refractivity contribution in [2.45, 2.75) is 20.0 Å². The van der Waals surface area contributed by atoms with E-state index in [1.807, 2.05) is 24.5 Å². The summed E-state index contributed by atoms with van der Waals surface area (Å²) in [6.07, 6.45) is 3.27. The second-order valence-electron chi connectivity index (χ2n) is 6.08. The first kappa shape index (κ1) is 16.2. The van der Waals surface area contributed by atoms with E-state index in [1.165, 1.54) is 5.69 Å². The molecule has 1 aliphatic rings. The van der Waals surface area contributed by atoms with E-state index in [0.29, 0.717) is 25.7 Å². The predicted molar refractivity (Wildman–Crippen MR) is 84.6 cm³/mol. The number of pyridine rings is 1. The molecule has 0 saturated carbocycles. The lowest BCUT2D eigenvalue weighted by atomic mass is 10.2. The van der Waals surface area contributed by atoms with Gasteiger partial charge in [0.1, 0.15) is 0 Å². The van der Waals surface area contributed by atoms with Crippen molar-refractivity contribution in [3.63, 3.8) is 0 Å². The molecular weight excluding hydrogens is 266 g/mol. The lowest BCUT2D eigenvalue weighted by molar-refractivity contribution is 0.00747. The average Bonchev–Trinajstić information content (AvgIpc) is 2.48. The van der Waals surface area contributed by atoms with Gasteiger partial charge in [0.15, 0.2) is 0 Å². The third-order valence-corrected chi connectivity index (χ3v) is 3.63. The number of aliphatic hydroxyl groups is 1. The van der Waals surface area contributed by atoms with Crippen LogP contribution in [-0.2, 0) is 4.74 Å². The highest BCUT2D eigenvalue weighted by Crippen LogP contribution is 2.14. The molecule has 0 bridgehead atoms. The monoisotopic (exact) mass is 293 g/mol. The highest BCUT2D eigenvalue weighted by molar-refractivity contribution is 5.44. The maximum Gasteiger partial charge on any atom is 0.0900 e. The number of rotatable bonds is 7. The Morgan fingerprint density at radius 2 is 1.81 bits per heavy atom. The molecule has 0 aliphatic carbocycles. The van der Waals surface area contributed by atoms with Gasteiger partial charge in [-0.25, -0.2) is 0 Å². The van der Waals surface area contributed by atoms with Gasteiger partial charge in [-0.2, -0.15) is 0 Å². The number of aliphatic hydroxyl groups excluding tert-OH is 1. The number of ether oxygens (including phenoxy) is 1. The Kier molecular flexibility index (Phi) is 6.42. The first-order chi connectivity index (χ1) is 10.1. The van der Waals surface area contributed by atoms with E-state index in [1.54, 1.807) is 0 Å². The van der Waals surface area contributed by atoms with E-state index in [2.05, 4.69) is 28.6 Å². The zero-order chi connectivity index (χ0) is 15.1. The molecule has 0 radical (unpaired) electrons. The molecule has 1 aromatic heterocycles. The molecule has 1 saturated heterocycles. The molecule has 2 rings (SSSR count). The van der Waals surface area contributed by atoms with Gasteiger partial charge in [0, 0.05) is 57.4 Å². The molecule has 1 fully saturated rings. The summed E-state index contributed by atoms with van der Waals surface area (Å²) in [4.78, 5) is 8.72. The van der Waals surface area contributed by atoms with Crippen LogP contribution in [0.2, 0.25) is 0 Å². The molecule has 1 atom stereocenters. The van der Waals surface area contributed by atoms with E-state index in [9.17, 15) is 5.11 Å². The van der Waals surface area contributed by atoms with Crippen LogP contribution >= 0.6 is 0 Å². The van der Waals surface area contributed by atoms with Crippen LogP contribution in [0.15, 0.2) is 24.5 Å². The largest absolute Gasteiger partial charge is 0.389 e. The predicted octanol–water partition coefficient (Wildman–Crippen LogP) is 1.24. The van der Waals surface area contributed by atoms with Crippen LogP contribution < -0.4 is 4.90 Å². The van der Waals surface area contributed by atoms with E-state index in [4.69, 9.17) is 4.74 Å². The number of piperazine rings is 1. The van der Waals surface area contributed by atoms with Crippen molar-refractivity contribution >= 4 is 5.69 Å². The molecule has 5 heteroatoms. The number of nitrogens with zero attached hydrogens (tertiary/aromatic N) is 3. The van der Waals surface area contributed by atoms with Crippen molar-refractivity contribution in [2.75, 3.05) is 50.8 Å². The van der Waals surface area contributed by atoms with Crippen molar-refractivity contribution in [1.82, 2.24) is 9.88 Å². The quantitative estimate of drug-likeness (QED) is 0.819. The number of anilines is 1. The van der Waals surface area contributed by atoms with E-state index in [-0.39, 0.29) is 0 Å². The van der Waals surface area contributed by atoms with Crippen LogP contribution in [-0.4, -0.2) is 67.0 Å². The van der Waals surface area contributed by atoms with Crippen LogP contribution in [0.25, 0.3) is 0 Å². The van der Waals surface area contributed by atoms with Gasteiger partial charge >= 0.3 is 0 Å². The Morgan fingerprint density at radius 1 is 1.14 bits per heavy atom. The fraction of sp³-hybridized carbons (Fsp3) is 0.688. The minimum atomic E-state index is -0.392. The molecule has 21 heavy (non-hydrogen) atoms. The minimum absolute atomic E-state index is 0.392. The fourth-order valence-electron chi connectivity index (χ4n) is 2.53. The molecule has 1 N–H and O–H groups in total. The lowest BCUT2D eigenvalue weighted by Gasteiger charge is -2.36. The van der Waals surface area contributed by atoms with Crippen LogP contribution in [0.4, 0.5) is 5.69 Å². The molecule has 1 aromatic rings. The molecule has 0 aromatic carbocycles. The first-order valence-corrected chi connectivity index (χ1v) is 7.78. The smallest absolute Gasteiger partial charge is 0.0900 e. The van der Waals surface area contributed by atoms with Crippen LogP contribution in [0, 0.1) is 5.92 Å². The van der Waals surface area contributed by atoms with Gasteiger partial charge in [-0.15, -0.1) is 0 Å². The van der Waals surface area contributed by atoms with Gasteiger partial charge in [-0.3, -0.25) is 9.88 Å². The zero-order valence-electron chi connectivity index (χ0n) is 13.1. The normalized spacial score (nSPS) is 18.2.